The monoisotopic (exact) mass is 405 g/mol. The van der Waals surface area contributed by atoms with Crippen LogP contribution in [0.25, 0.3) is 0 Å². The van der Waals surface area contributed by atoms with Gasteiger partial charge in [0.2, 0.25) is 11.8 Å². The maximum Gasteiger partial charge on any atom is 0.305 e. The topological polar surface area (TPSA) is 142 Å². The second-order valence-electron chi connectivity index (χ2n) is 6.48. The van der Waals surface area contributed by atoms with E-state index in [0.29, 0.717) is 31.4 Å². The lowest BCUT2D eigenvalue weighted by atomic mass is 10.1. The van der Waals surface area contributed by atoms with Crippen molar-refractivity contribution in [1.82, 2.24) is 15.5 Å². The molecule has 10 nitrogen and oxygen atoms in total. The minimum Gasteiger partial charge on any atom is -0.496 e. The number of nitrogens with zero attached hydrogens (tertiary/aromatic N) is 1. The van der Waals surface area contributed by atoms with Gasteiger partial charge in [-0.25, -0.2) is 0 Å². The summed E-state index contributed by atoms with van der Waals surface area (Å²) < 4.78 is 5.12. The van der Waals surface area contributed by atoms with E-state index in [-0.39, 0.29) is 12.1 Å². The molecule has 2 rings (SSSR count). The van der Waals surface area contributed by atoms with Crippen molar-refractivity contribution in [3.8, 4) is 5.75 Å². The summed E-state index contributed by atoms with van der Waals surface area (Å²) in [6.45, 7) is 0.0129. The molecule has 3 N–H and O–H groups in total. The number of carbonyl (C=O) groups is 5. The molecule has 0 unspecified atom stereocenters. The van der Waals surface area contributed by atoms with E-state index in [9.17, 15) is 24.0 Å². The van der Waals surface area contributed by atoms with Gasteiger partial charge in [-0.2, -0.15) is 0 Å². The number of hydrogen-bond acceptors (Lipinski definition) is 6. The van der Waals surface area contributed by atoms with Crippen LogP contribution in [0.4, 0.5) is 0 Å². The number of rotatable bonds is 9. The summed E-state index contributed by atoms with van der Waals surface area (Å²) in [5.74, 6) is -2.38. The lowest BCUT2D eigenvalue weighted by Crippen LogP contribution is -2.51. The first-order chi connectivity index (χ1) is 13.9. The van der Waals surface area contributed by atoms with Crippen molar-refractivity contribution in [2.24, 2.45) is 0 Å². The highest BCUT2D eigenvalue weighted by Crippen LogP contribution is 2.19. The van der Waals surface area contributed by atoms with Gasteiger partial charge in [0.25, 0.3) is 5.91 Å². The predicted octanol–water partition coefficient (Wildman–Crippen LogP) is -0.426. The number of para-hydroxylation sites is 1. The van der Waals surface area contributed by atoms with E-state index >= 15 is 0 Å². The summed E-state index contributed by atoms with van der Waals surface area (Å²) in [4.78, 5) is 60.2. The van der Waals surface area contributed by atoms with Crippen LogP contribution in [-0.4, -0.2) is 72.3 Å². The van der Waals surface area contributed by atoms with Gasteiger partial charge in [0.1, 0.15) is 18.1 Å². The molecule has 0 aromatic heterocycles. The Labute approximate surface area is 167 Å². The number of carboxylic acids is 1. The molecule has 0 aliphatic carbocycles. The maximum atomic E-state index is 12.5. The first-order valence-corrected chi connectivity index (χ1v) is 9.05. The zero-order valence-corrected chi connectivity index (χ0v) is 15.9. The van der Waals surface area contributed by atoms with E-state index in [1.54, 1.807) is 24.3 Å². The predicted molar refractivity (Wildman–Crippen MR) is 100 cm³/mol. The van der Waals surface area contributed by atoms with Gasteiger partial charge in [0, 0.05) is 6.54 Å². The van der Waals surface area contributed by atoms with Crippen molar-refractivity contribution < 1.29 is 33.8 Å². The number of ether oxygens (including phenoxy) is 1. The third-order valence-corrected chi connectivity index (χ3v) is 4.51. The van der Waals surface area contributed by atoms with Crippen molar-refractivity contribution in [1.29, 1.82) is 0 Å². The van der Waals surface area contributed by atoms with Crippen LogP contribution in [0, 0.1) is 0 Å². The molecule has 10 heteroatoms. The van der Waals surface area contributed by atoms with Crippen molar-refractivity contribution in [3.63, 3.8) is 0 Å². The molecule has 0 saturated carbocycles. The second-order valence-corrected chi connectivity index (χ2v) is 6.48. The molecule has 1 saturated heterocycles. The summed E-state index contributed by atoms with van der Waals surface area (Å²) in [5.41, 5.74) is 0.279. The van der Waals surface area contributed by atoms with Gasteiger partial charge in [-0.15, -0.1) is 0 Å². The van der Waals surface area contributed by atoms with Crippen molar-refractivity contribution in [2.75, 3.05) is 20.2 Å². The largest absolute Gasteiger partial charge is 0.496 e. The molecule has 156 valence electrons. The number of nitrogens with one attached hydrogen (secondary N) is 2. The Morgan fingerprint density at radius 3 is 2.69 bits per heavy atom. The number of methoxy groups -OCH3 is 1. The number of hydrogen-bond donors (Lipinski definition) is 3. The molecule has 1 aromatic rings. The molecule has 1 heterocycles. The average molecular weight is 405 g/mol. The van der Waals surface area contributed by atoms with Crippen LogP contribution in [-0.2, 0) is 19.2 Å². The quantitative estimate of drug-likeness (QED) is 0.473. The molecule has 1 aliphatic heterocycles. The van der Waals surface area contributed by atoms with Crippen molar-refractivity contribution in [2.45, 2.75) is 31.3 Å². The van der Waals surface area contributed by atoms with Gasteiger partial charge in [-0.05, 0) is 25.0 Å². The smallest absolute Gasteiger partial charge is 0.305 e. The molecule has 1 fully saturated rings. The van der Waals surface area contributed by atoms with Crippen molar-refractivity contribution in [3.05, 3.63) is 29.8 Å². The van der Waals surface area contributed by atoms with Crippen LogP contribution in [0.3, 0.4) is 0 Å². The third kappa shape index (κ3) is 5.77. The lowest BCUT2D eigenvalue weighted by Gasteiger charge is -2.25. The van der Waals surface area contributed by atoms with Gasteiger partial charge in [0.05, 0.1) is 31.7 Å². The highest BCUT2D eigenvalue weighted by Gasteiger charge is 2.35. The highest BCUT2D eigenvalue weighted by molar-refractivity contribution is 5.99. The van der Waals surface area contributed by atoms with Crippen LogP contribution in [0.1, 0.15) is 29.6 Å². The Morgan fingerprint density at radius 1 is 1.31 bits per heavy atom. The second kappa shape index (κ2) is 10.2. The minimum absolute atomic E-state index is 0.279. The molecular weight excluding hydrogens is 382 g/mol. The normalized spacial score (nSPS) is 16.6. The number of aldehydes is 1. The standard InChI is InChI=1S/C19H23N3O7/c1-29-15-7-3-2-5-13(15)18(27)20-10-16(24)22-8-4-6-14(22)19(28)21-12(11-23)9-17(25)26/h2-3,5,7,11-12,14H,4,6,8-10H2,1H3,(H,20,27)(H,21,28)(H,25,26)/t12-,14-/m0/s1. The van der Waals surface area contributed by atoms with Gasteiger partial charge in [0.15, 0.2) is 0 Å². The number of benzene rings is 1. The molecular formula is C19H23N3O7. The third-order valence-electron chi connectivity index (χ3n) is 4.51. The van der Waals surface area contributed by atoms with E-state index < -0.39 is 42.2 Å². The Bertz CT molecular complexity index is 796. The van der Waals surface area contributed by atoms with Crippen LogP contribution >= 0.6 is 0 Å². The van der Waals surface area contributed by atoms with Gasteiger partial charge in [-0.3, -0.25) is 19.2 Å². The summed E-state index contributed by atoms with van der Waals surface area (Å²) in [7, 11) is 1.43. The Kier molecular flexibility index (Phi) is 7.70. The molecule has 0 radical (unpaired) electrons. The molecule has 3 amide bonds. The van der Waals surface area contributed by atoms with Gasteiger partial charge in [-0.1, -0.05) is 12.1 Å². The SMILES string of the molecule is COc1ccccc1C(=O)NCC(=O)N1CCC[C@H]1C(=O)N[C@H](C=O)CC(=O)O. The summed E-state index contributed by atoms with van der Waals surface area (Å²) in [6, 6.07) is 4.58. The van der Waals surface area contributed by atoms with Gasteiger partial charge < -0.3 is 30.2 Å². The van der Waals surface area contributed by atoms with Crippen LogP contribution in [0.2, 0.25) is 0 Å². The van der Waals surface area contributed by atoms with Crippen molar-refractivity contribution >= 4 is 30.0 Å². The minimum atomic E-state index is -1.22. The summed E-state index contributed by atoms with van der Waals surface area (Å²) in [5, 5.41) is 13.6. The number of amides is 3. The van der Waals surface area contributed by atoms with E-state index in [0.717, 1.165) is 0 Å². The molecule has 1 aliphatic rings. The summed E-state index contributed by atoms with van der Waals surface area (Å²) >= 11 is 0. The van der Waals surface area contributed by atoms with Crippen LogP contribution in [0.5, 0.6) is 5.75 Å². The first-order valence-electron chi connectivity index (χ1n) is 9.05. The van der Waals surface area contributed by atoms with E-state index in [2.05, 4.69) is 10.6 Å². The lowest BCUT2D eigenvalue weighted by molar-refractivity contribution is -0.140. The zero-order chi connectivity index (χ0) is 21.4. The average Bonchev–Trinajstić information content (AvgIpc) is 3.21. The number of likely N-dealkylation sites (tertiary alicyclic amines) is 1. The van der Waals surface area contributed by atoms with E-state index in [1.807, 2.05) is 0 Å². The molecule has 0 spiro atoms. The number of aliphatic carboxylic acids is 1. The van der Waals surface area contributed by atoms with Crippen LogP contribution in [0.15, 0.2) is 24.3 Å². The Morgan fingerprint density at radius 2 is 2.03 bits per heavy atom. The summed E-state index contributed by atoms with van der Waals surface area (Å²) in [6.07, 6.45) is 0.775. The van der Waals surface area contributed by atoms with Crippen LogP contribution < -0.4 is 15.4 Å². The fourth-order valence-corrected chi connectivity index (χ4v) is 3.12. The molecule has 29 heavy (non-hydrogen) atoms. The molecule has 0 bridgehead atoms. The van der Waals surface area contributed by atoms with E-state index in [4.69, 9.17) is 9.84 Å². The Balaban J connectivity index is 1.95. The number of carboxylic acid groups (broad SMARTS) is 1. The zero-order valence-electron chi connectivity index (χ0n) is 15.9. The van der Waals surface area contributed by atoms with E-state index in [1.165, 1.54) is 12.0 Å². The molecule has 1 aromatic carbocycles. The fraction of sp³-hybridized carbons (Fsp3) is 0.421. The maximum absolute atomic E-state index is 12.5. The van der Waals surface area contributed by atoms with Gasteiger partial charge >= 0.3 is 5.97 Å². The number of carbonyl (C=O) groups excluding carboxylic acids is 4. The highest BCUT2D eigenvalue weighted by atomic mass is 16.5. The fourth-order valence-electron chi connectivity index (χ4n) is 3.12. The Hall–Kier alpha value is -3.43. The first kappa shape index (κ1) is 21.9. The molecule has 2 atom stereocenters.